The van der Waals surface area contributed by atoms with Crippen molar-refractivity contribution in [1.82, 2.24) is 10.2 Å². The minimum Gasteiger partial charge on any atom is -0.392 e. The Morgan fingerprint density at radius 1 is 1.46 bits per heavy atom. The van der Waals surface area contributed by atoms with E-state index in [1.807, 2.05) is 0 Å². The molecule has 0 aromatic heterocycles. The topological polar surface area (TPSA) is 35.5 Å². The van der Waals surface area contributed by atoms with E-state index in [2.05, 4.69) is 24.3 Å². The maximum atomic E-state index is 9.52. The Morgan fingerprint density at radius 3 is 2.69 bits per heavy atom. The molecule has 0 heterocycles. The third-order valence-electron chi connectivity index (χ3n) is 2.48. The second kappa shape index (κ2) is 5.58. The van der Waals surface area contributed by atoms with Crippen molar-refractivity contribution in [2.24, 2.45) is 5.92 Å². The summed E-state index contributed by atoms with van der Waals surface area (Å²) < 4.78 is 0. The van der Waals surface area contributed by atoms with Crippen LogP contribution in [0.4, 0.5) is 0 Å². The molecular weight excluding hydrogens is 164 g/mol. The van der Waals surface area contributed by atoms with Crippen LogP contribution in [0.3, 0.4) is 0 Å². The van der Waals surface area contributed by atoms with Crippen LogP contribution < -0.4 is 5.32 Å². The normalized spacial score (nSPS) is 19.4. The highest BCUT2D eigenvalue weighted by atomic mass is 16.3. The van der Waals surface area contributed by atoms with Crippen molar-refractivity contribution in [3.8, 4) is 0 Å². The number of aliphatic hydroxyl groups excluding tert-OH is 1. The summed E-state index contributed by atoms with van der Waals surface area (Å²) in [6, 6.07) is 0. The first kappa shape index (κ1) is 11.0. The van der Waals surface area contributed by atoms with Gasteiger partial charge in [-0.15, -0.1) is 0 Å². The quantitative estimate of drug-likeness (QED) is 0.561. The van der Waals surface area contributed by atoms with Gasteiger partial charge in [-0.3, -0.25) is 0 Å². The average molecular weight is 186 g/mol. The van der Waals surface area contributed by atoms with Crippen LogP contribution in [0.15, 0.2) is 0 Å². The first-order valence-corrected chi connectivity index (χ1v) is 5.23. The smallest absolute Gasteiger partial charge is 0.0692 e. The highest BCUT2D eigenvalue weighted by Crippen LogP contribution is 2.32. The summed E-state index contributed by atoms with van der Waals surface area (Å²) in [5, 5.41) is 12.8. The first-order chi connectivity index (χ1) is 6.20. The van der Waals surface area contributed by atoms with Crippen LogP contribution in [0.25, 0.3) is 0 Å². The molecule has 0 aromatic carbocycles. The molecule has 1 fully saturated rings. The number of rotatable bonds is 7. The van der Waals surface area contributed by atoms with Gasteiger partial charge < -0.3 is 15.3 Å². The molecule has 0 radical (unpaired) electrons. The fourth-order valence-corrected chi connectivity index (χ4v) is 1.42. The van der Waals surface area contributed by atoms with Gasteiger partial charge in [-0.2, -0.15) is 0 Å². The van der Waals surface area contributed by atoms with Crippen molar-refractivity contribution in [3.05, 3.63) is 0 Å². The van der Waals surface area contributed by atoms with E-state index < -0.39 is 0 Å². The summed E-state index contributed by atoms with van der Waals surface area (Å²) in [6.45, 7) is 2.91. The zero-order valence-corrected chi connectivity index (χ0v) is 8.79. The first-order valence-electron chi connectivity index (χ1n) is 5.23. The molecule has 1 rings (SSSR count). The van der Waals surface area contributed by atoms with E-state index in [0.717, 1.165) is 26.1 Å². The number of nitrogens with zero attached hydrogens (tertiary/aromatic N) is 1. The number of nitrogens with one attached hydrogen (secondary N) is 1. The largest absolute Gasteiger partial charge is 0.392 e. The lowest BCUT2D eigenvalue weighted by Crippen LogP contribution is -2.30. The molecule has 1 aliphatic carbocycles. The second-order valence-corrected chi connectivity index (χ2v) is 4.27. The van der Waals surface area contributed by atoms with Crippen LogP contribution in [0.1, 0.15) is 19.3 Å². The predicted octanol–water partition coefficient (Wildman–Crippen LogP) is 0.299. The van der Waals surface area contributed by atoms with Crippen LogP contribution in [-0.4, -0.2) is 49.8 Å². The molecular formula is C10H22N2O. The zero-order valence-electron chi connectivity index (χ0n) is 8.79. The SMILES string of the molecule is CN(C)CCCNCC(O)C1CC1. The van der Waals surface area contributed by atoms with Gasteiger partial charge in [-0.05, 0) is 52.4 Å². The Balaban J connectivity index is 1.83. The Bertz CT molecular complexity index is 135. The van der Waals surface area contributed by atoms with Crippen molar-refractivity contribution in [2.75, 3.05) is 33.7 Å². The number of aliphatic hydroxyl groups is 1. The van der Waals surface area contributed by atoms with E-state index >= 15 is 0 Å². The fraction of sp³-hybridized carbons (Fsp3) is 1.00. The monoisotopic (exact) mass is 186 g/mol. The van der Waals surface area contributed by atoms with Gasteiger partial charge in [0.2, 0.25) is 0 Å². The van der Waals surface area contributed by atoms with Crippen molar-refractivity contribution < 1.29 is 5.11 Å². The van der Waals surface area contributed by atoms with Crippen molar-refractivity contribution in [2.45, 2.75) is 25.4 Å². The summed E-state index contributed by atoms with van der Waals surface area (Å²) in [6.07, 6.45) is 3.50. The standard InChI is InChI=1S/C10H22N2O/c1-12(2)7-3-6-11-8-10(13)9-4-5-9/h9-11,13H,3-8H2,1-2H3. The molecule has 2 N–H and O–H groups in total. The summed E-state index contributed by atoms with van der Waals surface area (Å²) >= 11 is 0. The molecule has 0 aliphatic heterocycles. The van der Waals surface area contributed by atoms with Crippen LogP contribution >= 0.6 is 0 Å². The minimum absolute atomic E-state index is 0.0978. The van der Waals surface area contributed by atoms with Gasteiger partial charge >= 0.3 is 0 Å². The molecule has 3 nitrogen and oxygen atoms in total. The summed E-state index contributed by atoms with van der Waals surface area (Å²) in [5.74, 6) is 0.598. The molecule has 1 aliphatic rings. The Labute approximate surface area is 81.1 Å². The molecule has 3 heteroatoms. The lowest BCUT2D eigenvalue weighted by atomic mass is 10.2. The Hall–Kier alpha value is -0.120. The second-order valence-electron chi connectivity index (χ2n) is 4.27. The zero-order chi connectivity index (χ0) is 9.68. The van der Waals surface area contributed by atoms with E-state index in [-0.39, 0.29) is 6.10 Å². The predicted molar refractivity (Wildman–Crippen MR) is 54.8 cm³/mol. The number of hydrogen-bond acceptors (Lipinski definition) is 3. The van der Waals surface area contributed by atoms with Gasteiger partial charge in [-0.1, -0.05) is 0 Å². The molecule has 13 heavy (non-hydrogen) atoms. The molecule has 1 atom stereocenters. The molecule has 0 amide bonds. The fourth-order valence-electron chi connectivity index (χ4n) is 1.42. The molecule has 0 saturated heterocycles. The van der Waals surface area contributed by atoms with E-state index in [9.17, 15) is 5.11 Å². The third kappa shape index (κ3) is 5.24. The summed E-state index contributed by atoms with van der Waals surface area (Å²) in [4.78, 5) is 2.18. The van der Waals surface area contributed by atoms with E-state index in [4.69, 9.17) is 0 Å². The van der Waals surface area contributed by atoms with Crippen molar-refractivity contribution in [1.29, 1.82) is 0 Å². The average Bonchev–Trinajstić information content (AvgIpc) is 2.85. The molecule has 0 aromatic rings. The Morgan fingerprint density at radius 2 is 2.15 bits per heavy atom. The maximum absolute atomic E-state index is 9.52. The molecule has 0 spiro atoms. The van der Waals surface area contributed by atoms with Gasteiger partial charge in [-0.25, -0.2) is 0 Å². The molecule has 1 unspecified atom stereocenters. The van der Waals surface area contributed by atoms with Crippen molar-refractivity contribution in [3.63, 3.8) is 0 Å². The molecule has 1 saturated carbocycles. The lowest BCUT2D eigenvalue weighted by molar-refractivity contribution is 0.148. The lowest BCUT2D eigenvalue weighted by Gasteiger charge is -2.12. The molecule has 0 bridgehead atoms. The van der Waals surface area contributed by atoms with Crippen LogP contribution in [0, 0.1) is 5.92 Å². The highest BCUT2D eigenvalue weighted by Gasteiger charge is 2.28. The van der Waals surface area contributed by atoms with Crippen LogP contribution in [0.2, 0.25) is 0 Å². The van der Waals surface area contributed by atoms with Crippen molar-refractivity contribution >= 4 is 0 Å². The van der Waals surface area contributed by atoms with Gasteiger partial charge in [0.05, 0.1) is 6.10 Å². The van der Waals surface area contributed by atoms with Gasteiger partial charge in [0.15, 0.2) is 0 Å². The summed E-state index contributed by atoms with van der Waals surface area (Å²) in [5.41, 5.74) is 0. The van der Waals surface area contributed by atoms with Gasteiger partial charge in [0.1, 0.15) is 0 Å². The van der Waals surface area contributed by atoms with Gasteiger partial charge in [0.25, 0.3) is 0 Å². The molecule has 78 valence electrons. The van der Waals surface area contributed by atoms with Crippen LogP contribution in [-0.2, 0) is 0 Å². The van der Waals surface area contributed by atoms with Gasteiger partial charge in [0, 0.05) is 6.54 Å². The van der Waals surface area contributed by atoms with E-state index in [1.165, 1.54) is 12.8 Å². The maximum Gasteiger partial charge on any atom is 0.0692 e. The third-order valence-corrected chi connectivity index (χ3v) is 2.48. The summed E-state index contributed by atoms with van der Waals surface area (Å²) in [7, 11) is 4.16. The number of hydrogen-bond donors (Lipinski definition) is 2. The highest BCUT2D eigenvalue weighted by molar-refractivity contribution is 4.81. The minimum atomic E-state index is -0.0978. The Kier molecular flexibility index (Phi) is 4.70. The van der Waals surface area contributed by atoms with E-state index in [1.54, 1.807) is 0 Å². The van der Waals surface area contributed by atoms with Crippen LogP contribution in [0.5, 0.6) is 0 Å². The van der Waals surface area contributed by atoms with E-state index in [0.29, 0.717) is 5.92 Å².